The van der Waals surface area contributed by atoms with E-state index in [0.29, 0.717) is 25.3 Å². The molecule has 1 aliphatic rings. The highest BCUT2D eigenvalue weighted by atomic mass is 19.1. The molecule has 0 atom stereocenters. The summed E-state index contributed by atoms with van der Waals surface area (Å²) in [5.74, 6) is 1.15. The highest BCUT2D eigenvalue weighted by molar-refractivity contribution is 5.73. The van der Waals surface area contributed by atoms with Crippen LogP contribution in [0.25, 0.3) is 0 Å². The smallest absolute Gasteiger partial charge is 0.315 e. The molecule has 3 rings (SSSR count). The molecule has 0 spiro atoms. The lowest BCUT2D eigenvalue weighted by molar-refractivity contribution is 0.174. The molecule has 0 unspecified atom stereocenters. The predicted molar refractivity (Wildman–Crippen MR) is 82.9 cm³/mol. The summed E-state index contributed by atoms with van der Waals surface area (Å²) < 4.78 is 23.3. The maximum atomic E-state index is 12.8. The van der Waals surface area contributed by atoms with Gasteiger partial charge in [-0.1, -0.05) is 18.2 Å². The van der Waals surface area contributed by atoms with Crippen molar-refractivity contribution in [3.05, 3.63) is 59.4 Å². The molecule has 1 heterocycles. The minimum atomic E-state index is -0.261. The lowest BCUT2D eigenvalue weighted by Gasteiger charge is -2.08. The van der Waals surface area contributed by atoms with Crippen molar-refractivity contribution in [3.63, 3.8) is 0 Å². The Labute approximate surface area is 133 Å². The SMILES string of the molecule is O=C(NCCc1ccc(F)cc1)NCc1ccc2c(c1)OCO2. The van der Waals surface area contributed by atoms with Gasteiger partial charge in [0.15, 0.2) is 11.5 Å². The predicted octanol–water partition coefficient (Wildman–Crippen LogP) is 2.60. The third kappa shape index (κ3) is 4.12. The molecule has 0 saturated carbocycles. The molecule has 0 aromatic heterocycles. The van der Waals surface area contributed by atoms with Gasteiger partial charge in [0, 0.05) is 13.1 Å². The Kier molecular flexibility index (Phi) is 4.61. The van der Waals surface area contributed by atoms with Crippen molar-refractivity contribution in [3.8, 4) is 11.5 Å². The fraction of sp³-hybridized carbons (Fsp3) is 0.235. The van der Waals surface area contributed by atoms with E-state index in [1.165, 1.54) is 12.1 Å². The van der Waals surface area contributed by atoms with Crippen LogP contribution in [-0.2, 0) is 13.0 Å². The number of ether oxygens (including phenoxy) is 2. The fourth-order valence-corrected chi connectivity index (χ4v) is 2.27. The molecule has 0 saturated heterocycles. The molecule has 2 N–H and O–H groups in total. The van der Waals surface area contributed by atoms with Gasteiger partial charge in [-0.25, -0.2) is 9.18 Å². The summed E-state index contributed by atoms with van der Waals surface area (Å²) in [6.07, 6.45) is 0.651. The number of nitrogens with one attached hydrogen (secondary N) is 2. The lowest BCUT2D eigenvalue weighted by Crippen LogP contribution is -2.36. The van der Waals surface area contributed by atoms with Crippen molar-refractivity contribution >= 4 is 6.03 Å². The molecule has 6 heteroatoms. The molecule has 120 valence electrons. The number of fused-ring (bicyclic) bond motifs is 1. The first kappa shape index (κ1) is 15.1. The van der Waals surface area contributed by atoms with E-state index in [9.17, 15) is 9.18 Å². The normalized spacial score (nSPS) is 12.0. The maximum absolute atomic E-state index is 12.8. The van der Waals surface area contributed by atoms with E-state index in [2.05, 4.69) is 10.6 Å². The van der Waals surface area contributed by atoms with E-state index in [4.69, 9.17) is 9.47 Å². The average Bonchev–Trinajstić information content (AvgIpc) is 3.02. The second-order valence-corrected chi connectivity index (χ2v) is 5.17. The zero-order chi connectivity index (χ0) is 16.1. The summed E-state index contributed by atoms with van der Waals surface area (Å²) in [6.45, 7) is 1.12. The van der Waals surface area contributed by atoms with E-state index in [1.807, 2.05) is 18.2 Å². The van der Waals surface area contributed by atoms with Crippen LogP contribution in [0.5, 0.6) is 11.5 Å². The van der Waals surface area contributed by atoms with Crippen molar-refractivity contribution in [1.82, 2.24) is 10.6 Å². The standard InChI is InChI=1S/C17H17FN2O3/c18-14-4-1-12(2-5-14)7-8-19-17(21)20-10-13-3-6-15-16(9-13)23-11-22-15/h1-6,9H,7-8,10-11H2,(H2,19,20,21). The van der Waals surface area contributed by atoms with Crippen LogP contribution in [-0.4, -0.2) is 19.4 Å². The zero-order valence-corrected chi connectivity index (χ0v) is 12.5. The second-order valence-electron chi connectivity index (χ2n) is 5.17. The van der Waals surface area contributed by atoms with Gasteiger partial charge in [0.05, 0.1) is 0 Å². The van der Waals surface area contributed by atoms with Gasteiger partial charge in [0.25, 0.3) is 0 Å². The molecule has 0 radical (unpaired) electrons. The highest BCUT2D eigenvalue weighted by Gasteiger charge is 2.13. The van der Waals surface area contributed by atoms with Crippen LogP contribution in [0.3, 0.4) is 0 Å². The summed E-state index contributed by atoms with van der Waals surface area (Å²) in [5.41, 5.74) is 1.91. The Bertz CT molecular complexity index is 689. The summed E-state index contributed by atoms with van der Waals surface area (Å²) >= 11 is 0. The van der Waals surface area contributed by atoms with Crippen molar-refractivity contribution in [2.75, 3.05) is 13.3 Å². The van der Waals surface area contributed by atoms with E-state index in [1.54, 1.807) is 12.1 Å². The summed E-state index contributed by atoms with van der Waals surface area (Å²) in [7, 11) is 0. The Morgan fingerprint density at radius 2 is 1.74 bits per heavy atom. The number of urea groups is 1. The Balaban J connectivity index is 1.40. The lowest BCUT2D eigenvalue weighted by atomic mass is 10.1. The number of benzene rings is 2. The first-order valence-corrected chi connectivity index (χ1v) is 7.35. The summed E-state index contributed by atoms with van der Waals surface area (Å²) in [5, 5.41) is 5.55. The first-order valence-electron chi connectivity index (χ1n) is 7.35. The topological polar surface area (TPSA) is 59.6 Å². The van der Waals surface area contributed by atoms with Gasteiger partial charge in [-0.15, -0.1) is 0 Å². The molecule has 2 amide bonds. The number of hydrogen-bond acceptors (Lipinski definition) is 3. The molecule has 2 aromatic carbocycles. The van der Waals surface area contributed by atoms with Crippen LogP contribution in [0.15, 0.2) is 42.5 Å². The Morgan fingerprint density at radius 3 is 2.57 bits per heavy atom. The highest BCUT2D eigenvalue weighted by Crippen LogP contribution is 2.32. The van der Waals surface area contributed by atoms with Gasteiger partial charge < -0.3 is 20.1 Å². The van der Waals surface area contributed by atoms with Crippen LogP contribution in [0.2, 0.25) is 0 Å². The molecule has 5 nitrogen and oxygen atoms in total. The van der Waals surface area contributed by atoms with Gasteiger partial charge >= 0.3 is 6.03 Å². The van der Waals surface area contributed by atoms with Crippen molar-refractivity contribution in [2.45, 2.75) is 13.0 Å². The molecule has 2 aromatic rings. The van der Waals surface area contributed by atoms with E-state index >= 15 is 0 Å². The number of halogens is 1. The first-order chi connectivity index (χ1) is 11.2. The molecular weight excluding hydrogens is 299 g/mol. The van der Waals surface area contributed by atoms with Crippen LogP contribution in [0.4, 0.5) is 9.18 Å². The molecule has 23 heavy (non-hydrogen) atoms. The maximum Gasteiger partial charge on any atom is 0.315 e. The summed E-state index contributed by atoms with van der Waals surface area (Å²) in [4.78, 5) is 11.8. The van der Waals surface area contributed by atoms with Gasteiger partial charge in [-0.05, 0) is 41.8 Å². The molecule has 1 aliphatic heterocycles. The van der Waals surface area contributed by atoms with Crippen molar-refractivity contribution in [2.24, 2.45) is 0 Å². The van der Waals surface area contributed by atoms with Crippen molar-refractivity contribution < 1.29 is 18.7 Å². The van der Waals surface area contributed by atoms with Gasteiger partial charge in [0.1, 0.15) is 5.82 Å². The average molecular weight is 316 g/mol. The summed E-state index contributed by atoms with van der Waals surface area (Å²) in [6, 6.07) is 11.6. The minimum absolute atomic E-state index is 0.232. The zero-order valence-electron chi connectivity index (χ0n) is 12.5. The van der Waals surface area contributed by atoms with Crippen molar-refractivity contribution in [1.29, 1.82) is 0 Å². The van der Waals surface area contributed by atoms with Crippen LogP contribution in [0.1, 0.15) is 11.1 Å². The van der Waals surface area contributed by atoms with Gasteiger partial charge in [0.2, 0.25) is 6.79 Å². The van der Waals surface area contributed by atoms with Crippen LogP contribution >= 0.6 is 0 Å². The van der Waals surface area contributed by atoms with E-state index in [0.717, 1.165) is 16.9 Å². The number of amides is 2. The van der Waals surface area contributed by atoms with E-state index < -0.39 is 0 Å². The molecule has 0 fully saturated rings. The minimum Gasteiger partial charge on any atom is -0.454 e. The van der Waals surface area contributed by atoms with Crippen LogP contribution < -0.4 is 20.1 Å². The molecule has 0 bridgehead atoms. The number of rotatable bonds is 5. The molecular formula is C17H17FN2O3. The third-order valence-corrected chi connectivity index (χ3v) is 3.50. The largest absolute Gasteiger partial charge is 0.454 e. The fourth-order valence-electron chi connectivity index (χ4n) is 2.27. The number of carbonyl (C=O) groups excluding carboxylic acids is 1. The Hall–Kier alpha value is -2.76. The van der Waals surface area contributed by atoms with E-state index in [-0.39, 0.29) is 18.6 Å². The number of carbonyl (C=O) groups is 1. The Morgan fingerprint density at radius 1 is 1.00 bits per heavy atom. The third-order valence-electron chi connectivity index (χ3n) is 3.50. The monoisotopic (exact) mass is 316 g/mol. The van der Waals surface area contributed by atoms with Gasteiger partial charge in [-0.2, -0.15) is 0 Å². The number of hydrogen-bond donors (Lipinski definition) is 2. The van der Waals surface area contributed by atoms with Crippen LogP contribution in [0, 0.1) is 5.82 Å². The molecule has 0 aliphatic carbocycles. The quantitative estimate of drug-likeness (QED) is 0.891. The van der Waals surface area contributed by atoms with Gasteiger partial charge in [-0.3, -0.25) is 0 Å². The second kappa shape index (κ2) is 7.00.